The summed E-state index contributed by atoms with van der Waals surface area (Å²) in [6.45, 7) is 1.86. The van der Waals surface area contributed by atoms with Gasteiger partial charge < -0.3 is 9.52 Å². The second-order valence-electron chi connectivity index (χ2n) is 4.55. The normalized spacial score (nSPS) is 13.1. The van der Waals surface area contributed by atoms with Gasteiger partial charge in [0.25, 0.3) is 0 Å². The van der Waals surface area contributed by atoms with Crippen molar-refractivity contribution in [1.82, 2.24) is 9.78 Å². The van der Waals surface area contributed by atoms with Crippen molar-refractivity contribution in [2.75, 3.05) is 0 Å². The molecule has 0 aliphatic heterocycles. The zero-order valence-electron chi connectivity index (χ0n) is 10.6. The van der Waals surface area contributed by atoms with E-state index in [9.17, 15) is 5.11 Å². The minimum Gasteiger partial charge on any atom is -0.456 e. The van der Waals surface area contributed by atoms with Crippen molar-refractivity contribution in [2.45, 2.75) is 13.0 Å². The number of aliphatic hydroxyl groups excluding tert-OH is 1. The Balaban J connectivity index is 2.09. The minimum atomic E-state index is -0.836. The average molecular weight is 277 g/mol. The first-order valence-electron chi connectivity index (χ1n) is 5.92. The van der Waals surface area contributed by atoms with Crippen LogP contribution in [0.1, 0.15) is 23.1 Å². The lowest BCUT2D eigenvalue weighted by molar-refractivity contribution is 0.191. The third-order valence-corrected chi connectivity index (χ3v) is 3.43. The molecule has 0 saturated heterocycles. The van der Waals surface area contributed by atoms with E-state index < -0.39 is 6.10 Å². The summed E-state index contributed by atoms with van der Waals surface area (Å²) in [5.74, 6) is 0.471. The first-order chi connectivity index (χ1) is 9.06. The SMILES string of the molecule is Cc1nn(C)cc1C(O)c1cc2cccc(Cl)c2o1. The van der Waals surface area contributed by atoms with Crippen molar-refractivity contribution < 1.29 is 9.52 Å². The van der Waals surface area contributed by atoms with Crippen LogP contribution in [0.4, 0.5) is 0 Å². The molecular formula is C14H13ClN2O2. The highest BCUT2D eigenvalue weighted by atomic mass is 35.5. The molecule has 0 bridgehead atoms. The van der Waals surface area contributed by atoms with Gasteiger partial charge in [0.05, 0.1) is 10.7 Å². The molecule has 0 spiro atoms. The number of nitrogens with zero attached hydrogens (tertiary/aromatic N) is 2. The molecule has 0 amide bonds. The lowest BCUT2D eigenvalue weighted by atomic mass is 10.1. The highest BCUT2D eigenvalue weighted by Gasteiger charge is 2.20. The van der Waals surface area contributed by atoms with Gasteiger partial charge in [-0.15, -0.1) is 0 Å². The minimum absolute atomic E-state index is 0.471. The van der Waals surface area contributed by atoms with E-state index in [1.165, 1.54) is 0 Å². The van der Waals surface area contributed by atoms with Crippen LogP contribution >= 0.6 is 11.6 Å². The molecule has 1 atom stereocenters. The predicted octanol–water partition coefficient (Wildman–Crippen LogP) is 3.21. The number of hydrogen-bond donors (Lipinski definition) is 1. The van der Waals surface area contributed by atoms with Crippen LogP contribution in [-0.2, 0) is 7.05 Å². The number of fused-ring (bicyclic) bond motifs is 1. The van der Waals surface area contributed by atoms with Crippen LogP contribution in [0, 0.1) is 6.92 Å². The highest BCUT2D eigenvalue weighted by Crippen LogP contribution is 2.32. The van der Waals surface area contributed by atoms with Crippen molar-refractivity contribution in [3.63, 3.8) is 0 Å². The number of hydrogen-bond acceptors (Lipinski definition) is 3. The van der Waals surface area contributed by atoms with Gasteiger partial charge in [-0.1, -0.05) is 23.7 Å². The molecule has 1 N–H and O–H groups in total. The van der Waals surface area contributed by atoms with Gasteiger partial charge in [0.2, 0.25) is 0 Å². The summed E-state index contributed by atoms with van der Waals surface area (Å²) in [4.78, 5) is 0. The van der Waals surface area contributed by atoms with Gasteiger partial charge in [-0.3, -0.25) is 4.68 Å². The number of aliphatic hydroxyl groups is 1. The first kappa shape index (κ1) is 12.3. The zero-order chi connectivity index (χ0) is 13.6. The molecule has 4 nitrogen and oxygen atoms in total. The van der Waals surface area contributed by atoms with Gasteiger partial charge in [0.15, 0.2) is 5.58 Å². The van der Waals surface area contributed by atoms with Crippen LogP contribution in [-0.4, -0.2) is 14.9 Å². The summed E-state index contributed by atoms with van der Waals surface area (Å²) in [5.41, 5.74) is 2.11. The number of halogens is 1. The standard InChI is InChI=1S/C14H13ClN2O2/c1-8-10(7-17(2)16-8)13(18)12-6-9-4-3-5-11(15)14(9)19-12/h3-7,13,18H,1-2H3. The number of aryl methyl sites for hydroxylation is 2. The molecule has 0 fully saturated rings. The van der Waals surface area contributed by atoms with Crippen molar-refractivity contribution in [3.8, 4) is 0 Å². The molecule has 1 aromatic carbocycles. The van der Waals surface area contributed by atoms with Crippen LogP contribution in [0.2, 0.25) is 5.02 Å². The van der Waals surface area contributed by atoms with Crippen LogP contribution in [0.15, 0.2) is 34.9 Å². The summed E-state index contributed by atoms with van der Waals surface area (Å²) in [7, 11) is 1.82. The van der Waals surface area contributed by atoms with E-state index in [2.05, 4.69) is 5.10 Å². The summed E-state index contributed by atoms with van der Waals surface area (Å²) in [6.07, 6.45) is 0.951. The Morgan fingerprint density at radius 3 is 2.84 bits per heavy atom. The molecule has 1 unspecified atom stereocenters. The largest absolute Gasteiger partial charge is 0.456 e. The topological polar surface area (TPSA) is 51.2 Å². The quantitative estimate of drug-likeness (QED) is 0.782. The molecule has 2 aromatic heterocycles. The van der Waals surface area contributed by atoms with Gasteiger partial charge in [-0.2, -0.15) is 5.10 Å². The molecule has 3 rings (SSSR count). The Kier molecular flexibility index (Phi) is 2.84. The van der Waals surface area contributed by atoms with Crippen LogP contribution in [0.3, 0.4) is 0 Å². The Morgan fingerprint density at radius 2 is 2.21 bits per heavy atom. The Labute approximate surface area is 115 Å². The molecule has 0 aliphatic rings. The molecule has 5 heteroatoms. The molecule has 0 radical (unpaired) electrons. The maximum atomic E-state index is 10.4. The average Bonchev–Trinajstić information content (AvgIpc) is 2.93. The number of para-hydroxylation sites is 1. The Hall–Kier alpha value is -1.78. The van der Waals surface area contributed by atoms with Gasteiger partial charge in [0.1, 0.15) is 11.9 Å². The van der Waals surface area contributed by atoms with Gasteiger partial charge in [-0.05, 0) is 19.1 Å². The maximum Gasteiger partial charge on any atom is 0.153 e. The Morgan fingerprint density at radius 1 is 1.42 bits per heavy atom. The second-order valence-corrected chi connectivity index (χ2v) is 4.96. The first-order valence-corrected chi connectivity index (χ1v) is 6.30. The van der Waals surface area contributed by atoms with E-state index in [0.29, 0.717) is 16.4 Å². The number of benzene rings is 1. The molecule has 0 saturated carbocycles. The van der Waals surface area contributed by atoms with E-state index in [1.54, 1.807) is 23.0 Å². The molecule has 19 heavy (non-hydrogen) atoms. The molecular weight excluding hydrogens is 264 g/mol. The van der Waals surface area contributed by atoms with E-state index in [-0.39, 0.29) is 0 Å². The second kappa shape index (κ2) is 4.40. The van der Waals surface area contributed by atoms with Gasteiger partial charge in [0, 0.05) is 24.2 Å². The predicted molar refractivity (Wildman–Crippen MR) is 73.2 cm³/mol. The fraction of sp³-hybridized carbons (Fsp3) is 0.214. The van der Waals surface area contributed by atoms with E-state index in [0.717, 1.165) is 16.6 Å². The van der Waals surface area contributed by atoms with E-state index in [1.807, 2.05) is 26.1 Å². The number of furan rings is 1. The summed E-state index contributed by atoms with van der Waals surface area (Å²) >= 11 is 6.06. The van der Waals surface area contributed by atoms with Crippen LogP contribution in [0.5, 0.6) is 0 Å². The fourth-order valence-electron chi connectivity index (χ4n) is 2.22. The molecule has 0 aliphatic carbocycles. The van der Waals surface area contributed by atoms with Gasteiger partial charge >= 0.3 is 0 Å². The smallest absolute Gasteiger partial charge is 0.153 e. The number of aromatic nitrogens is 2. The van der Waals surface area contributed by atoms with Crippen molar-refractivity contribution in [1.29, 1.82) is 0 Å². The monoisotopic (exact) mass is 276 g/mol. The highest BCUT2D eigenvalue weighted by molar-refractivity contribution is 6.34. The van der Waals surface area contributed by atoms with Crippen LogP contribution < -0.4 is 0 Å². The van der Waals surface area contributed by atoms with E-state index in [4.69, 9.17) is 16.0 Å². The van der Waals surface area contributed by atoms with Gasteiger partial charge in [-0.25, -0.2) is 0 Å². The van der Waals surface area contributed by atoms with Crippen LogP contribution in [0.25, 0.3) is 11.0 Å². The van der Waals surface area contributed by atoms with Crippen molar-refractivity contribution in [2.24, 2.45) is 7.05 Å². The molecule has 98 valence electrons. The lowest BCUT2D eigenvalue weighted by Gasteiger charge is -2.05. The fourth-order valence-corrected chi connectivity index (χ4v) is 2.44. The molecule has 2 heterocycles. The third kappa shape index (κ3) is 2.03. The maximum absolute atomic E-state index is 10.4. The third-order valence-electron chi connectivity index (χ3n) is 3.13. The summed E-state index contributed by atoms with van der Waals surface area (Å²) in [5, 5.41) is 16.0. The number of rotatable bonds is 2. The van der Waals surface area contributed by atoms with Crippen molar-refractivity contribution >= 4 is 22.6 Å². The van der Waals surface area contributed by atoms with E-state index >= 15 is 0 Å². The summed E-state index contributed by atoms with van der Waals surface area (Å²) in [6, 6.07) is 7.32. The Bertz CT molecular complexity index is 745. The molecule has 3 aromatic rings. The summed E-state index contributed by atoms with van der Waals surface area (Å²) < 4.78 is 7.33. The lowest BCUT2D eigenvalue weighted by Crippen LogP contribution is -1.98. The van der Waals surface area contributed by atoms with Crippen molar-refractivity contribution in [3.05, 3.63) is 52.5 Å². The zero-order valence-corrected chi connectivity index (χ0v) is 11.3.